The first-order chi connectivity index (χ1) is 11.1. The predicted octanol–water partition coefficient (Wildman–Crippen LogP) is 1.38. The molecule has 1 aliphatic heterocycles. The Morgan fingerprint density at radius 3 is 2.39 bits per heavy atom. The monoisotopic (exact) mass is 332 g/mol. The molecule has 0 unspecified atom stereocenters. The minimum atomic E-state index is -0.311. The van der Waals surface area contributed by atoms with Crippen molar-refractivity contribution in [3.8, 4) is 0 Å². The number of nitrogens with one attached hydrogen (secondary N) is 1. The zero-order valence-electron chi connectivity index (χ0n) is 12.5. The Morgan fingerprint density at radius 2 is 1.78 bits per heavy atom. The summed E-state index contributed by atoms with van der Waals surface area (Å²) in [4.78, 5) is 27.4. The molecule has 1 aliphatic rings. The highest BCUT2D eigenvalue weighted by Crippen LogP contribution is 2.13. The highest BCUT2D eigenvalue weighted by atomic mass is 35.5. The summed E-state index contributed by atoms with van der Waals surface area (Å²) in [6.07, 6.45) is 0. The molecule has 120 valence electrons. The normalized spacial score (nSPS) is 15.6. The fourth-order valence-electron chi connectivity index (χ4n) is 2.58. The molecule has 0 bridgehead atoms. The Balaban J connectivity index is 1.55. The van der Waals surface area contributed by atoms with Crippen LogP contribution >= 0.6 is 11.6 Å². The Labute approximate surface area is 138 Å². The van der Waals surface area contributed by atoms with Gasteiger partial charge < -0.3 is 4.90 Å². The van der Waals surface area contributed by atoms with Gasteiger partial charge in [0.2, 0.25) is 0 Å². The Kier molecular flexibility index (Phi) is 4.73. The van der Waals surface area contributed by atoms with Crippen molar-refractivity contribution in [2.75, 3.05) is 26.2 Å². The van der Waals surface area contributed by atoms with E-state index in [1.54, 1.807) is 4.90 Å². The number of H-pyrrole nitrogens is 1. The molecule has 1 N–H and O–H groups in total. The molecule has 0 radical (unpaired) electrons. The maximum Gasteiger partial charge on any atom is 0.274 e. The maximum absolute atomic E-state index is 12.3. The van der Waals surface area contributed by atoms with E-state index in [2.05, 4.69) is 15.1 Å². The van der Waals surface area contributed by atoms with Gasteiger partial charge in [-0.25, -0.2) is 5.10 Å². The lowest BCUT2D eigenvalue weighted by molar-refractivity contribution is 0.0621. The van der Waals surface area contributed by atoms with E-state index in [0.29, 0.717) is 13.1 Å². The van der Waals surface area contributed by atoms with E-state index >= 15 is 0 Å². The van der Waals surface area contributed by atoms with Crippen molar-refractivity contribution >= 4 is 17.5 Å². The average molecular weight is 333 g/mol. The molecule has 1 aromatic heterocycles. The third-order valence-electron chi connectivity index (χ3n) is 3.88. The molecule has 3 rings (SSSR count). The van der Waals surface area contributed by atoms with E-state index in [9.17, 15) is 9.59 Å². The average Bonchev–Trinajstić information content (AvgIpc) is 2.58. The van der Waals surface area contributed by atoms with Gasteiger partial charge in [0, 0.05) is 43.8 Å². The number of hydrogen-bond donors (Lipinski definition) is 1. The molecule has 2 aromatic rings. The van der Waals surface area contributed by atoms with Gasteiger partial charge in [-0.15, -0.1) is 0 Å². The summed E-state index contributed by atoms with van der Waals surface area (Å²) in [5.41, 5.74) is 1.17. The topological polar surface area (TPSA) is 69.3 Å². The molecule has 1 amide bonds. The summed E-state index contributed by atoms with van der Waals surface area (Å²) >= 11 is 5.89. The van der Waals surface area contributed by atoms with Crippen LogP contribution in [0.5, 0.6) is 0 Å². The predicted molar refractivity (Wildman–Crippen MR) is 87.5 cm³/mol. The van der Waals surface area contributed by atoms with Gasteiger partial charge in [-0.3, -0.25) is 14.5 Å². The number of halogens is 1. The third-order valence-corrected chi connectivity index (χ3v) is 4.13. The molecule has 0 atom stereocenters. The second-order valence-electron chi connectivity index (χ2n) is 5.50. The maximum atomic E-state index is 12.3. The minimum absolute atomic E-state index is 0.146. The summed E-state index contributed by atoms with van der Waals surface area (Å²) in [5, 5.41) is 6.82. The number of amides is 1. The number of hydrogen-bond acceptors (Lipinski definition) is 4. The zero-order valence-corrected chi connectivity index (χ0v) is 13.3. The smallest absolute Gasteiger partial charge is 0.274 e. The van der Waals surface area contributed by atoms with E-state index in [1.165, 1.54) is 17.7 Å². The summed E-state index contributed by atoms with van der Waals surface area (Å²) in [5.74, 6) is -0.146. The highest BCUT2D eigenvalue weighted by molar-refractivity contribution is 6.30. The molecule has 6 nitrogen and oxygen atoms in total. The SMILES string of the molecule is O=C(c1ccc(=O)[nH]n1)N1CCN(Cc2ccc(Cl)cc2)CC1. The molecule has 1 fully saturated rings. The Hall–Kier alpha value is -2.18. The van der Waals surface area contributed by atoms with E-state index in [1.807, 2.05) is 24.3 Å². The first-order valence-corrected chi connectivity index (χ1v) is 7.81. The van der Waals surface area contributed by atoms with Crippen LogP contribution in [0.15, 0.2) is 41.2 Å². The van der Waals surface area contributed by atoms with Crippen LogP contribution in [0.1, 0.15) is 16.1 Å². The van der Waals surface area contributed by atoms with Crippen molar-refractivity contribution in [2.24, 2.45) is 0 Å². The van der Waals surface area contributed by atoms with E-state index < -0.39 is 0 Å². The van der Waals surface area contributed by atoms with Gasteiger partial charge in [0.15, 0.2) is 0 Å². The summed E-state index contributed by atoms with van der Waals surface area (Å²) in [7, 11) is 0. The number of carbonyl (C=O) groups is 1. The molecule has 0 saturated carbocycles. The van der Waals surface area contributed by atoms with Crippen molar-refractivity contribution in [2.45, 2.75) is 6.54 Å². The van der Waals surface area contributed by atoms with E-state index in [-0.39, 0.29) is 17.2 Å². The molecule has 23 heavy (non-hydrogen) atoms. The molecule has 0 spiro atoms. The minimum Gasteiger partial charge on any atom is -0.335 e. The summed E-state index contributed by atoms with van der Waals surface area (Å²) in [6, 6.07) is 10.6. The number of benzene rings is 1. The molecular weight excluding hydrogens is 316 g/mol. The quantitative estimate of drug-likeness (QED) is 0.922. The van der Waals surface area contributed by atoms with Crippen molar-refractivity contribution in [1.29, 1.82) is 0 Å². The van der Waals surface area contributed by atoms with Gasteiger partial charge in [0.1, 0.15) is 5.69 Å². The highest BCUT2D eigenvalue weighted by Gasteiger charge is 2.23. The Bertz CT molecular complexity index is 716. The van der Waals surface area contributed by atoms with Crippen molar-refractivity contribution in [3.63, 3.8) is 0 Å². The molecule has 1 aromatic carbocycles. The number of aromatic amines is 1. The number of piperazine rings is 1. The third kappa shape index (κ3) is 3.97. The van der Waals surface area contributed by atoms with Crippen molar-refractivity contribution < 1.29 is 4.79 Å². The standard InChI is InChI=1S/C16H17ClN4O2/c17-13-3-1-12(2-4-13)11-20-7-9-21(10-8-20)16(23)14-5-6-15(22)19-18-14/h1-6H,7-11H2,(H,19,22). The summed E-state index contributed by atoms with van der Waals surface area (Å²) < 4.78 is 0. The van der Waals surface area contributed by atoms with Crippen LogP contribution in [-0.4, -0.2) is 52.1 Å². The number of aromatic nitrogens is 2. The second-order valence-corrected chi connectivity index (χ2v) is 5.94. The molecule has 2 heterocycles. The van der Waals surface area contributed by atoms with E-state index in [0.717, 1.165) is 24.7 Å². The van der Waals surface area contributed by atoms with Gasteiger partial charge in [-0.2, -0.15) is 5.10 Å². The number of nitrogens with zero attached hydrogens (tertiary/aromatic N) is 3. The van der Waals surface area contributed by atoms with Crippen LogP contribution in [0.25, 0.3) is 0 Å². The van der Waals surface area contributed by atoms with Crippen molar-refractivity contribution in [1.82, 2.24) is 20.0 Å². The van der Waals surface area contributed by atoms with Gasteiger partial charge >= 0.3 is 0 Å². The van der Waals surface area contributed by atoms with Crippen LogP contribution in [0.2, 0.25) is 5.02 Å². The fourth-order valence-corrected chi connectivity index (χ4v) is 2.71. The van der Waals surface area contributed by atoms with Gasteiger partial charge in [0.25, 0.3) is 11.5 Å². The van der Waals surface area contributed by atoms with Crippen molar-refractivity contribution in [3.05, 3.63) is 63.0 Å². The molecule has 1 saturated heterocycles. The van der Waals surface area contributed by atoms with Gasteiger partial charge in [0.05, 0.1) is 0 Å². The van der Waals surface area contributed by atoms with Crippen LogP contribution in [0.3, 0.4) is 0 Å². The first-order valence-electron chi connectivity index (χ1n) is 7.43. The fraction of sp³-hybridized carbons (Fsp3) is 0.312. The van der Waals surface area contributed by atoms with Crippen LogP contribution in [-0.2, 0) is 6.54 Å². The van der Waals surface area contributed by atoms with Gasteiger partial charge in [-0.05, 0) is 23.8 Å². The lowest BCUT2D eigenvalue weighted by Crippen LogP contribution is -2.48. The van der Waals surface area contributed by atoms with Gasteiger partial charge in [-0.1, -0.05) is 23.7 Å². The lowest BCUT2D eigenvalue weighted by atomic mass is 10.2. The molecule has 0 aliphatic carbocycles. The molecular formula is C16H17ClN4O2. The Morgan fingerprint density at radius 1 is 1.09 bits per heavy atom. The largest absolute Gasteiger partial charge is 0.335 e. The second kappa shape index (κ2) is 6.93. The number of rotatable bonds is 3. The zero-order chi connectivity index (χ0) is 16.2. The van der Waals surface area contributed by atoms with Crippen LogP contribution in [0, 0.1) is 0 Å². The van der Waals surface area contributed by atoms with Crippen LogP contribution in [0.4, 0.5) is 0 Å². The lowest BCUT2D eigenvalue weighted by Gasteiger charge is -2.34. The molecule has 7 heteroatoms. The van der Waals surface area contributed by atoms with Crippen LogP contribution < -0.4 is 5.56 Å². The first kappa shape index (κ1) is 15.7. The van der Waals surface area contributed by atoms with E-state index in [4.69, 9.17) is 11.6 Å². The number of carbonyl (C=O) groups excluding carboxylic acids is 1. The summed E-state index contributed by atoms with van der Waals surface area (Å²) in [6.45, 7) is 3.74.